The summed E-state index contributed by atoms with van der Waals surface area (Å²) in [5.74, 6) is -0.718. The molecule has 1 N–H and O–H groups in total. The maximum atomic E-state index is 12.1. The van der Waals surface area contributed by atoms with Gasteiger partial charge in [0.25, 0.3) is 5.91 Å². The summed E-state index contributed by atoms with van der Waals surface area (Å²) in [6.07, 6.45) is 0.0410. The zero-order chi connectivity index (χ0) is 15.2. The van der Waals surface area contributed by atoms with E-state index < -0.39 is 17.9 Å². The number of hydrogen-bond acceptors (Lipinski definition) is 5. The summed E-state index contributed by atoms with van der Waals surface area (Å²) in [5, 5.41) is 6.42. The van der Waals surface area contributed by atoms with Gasteiger partial charge in [-0.25, -0.2) is 0 Å². The number of nitrogens with zero attached hydrogens (tertiary/aromatic N) is 1. The predicted octanol–water partition coefficient (Wildman–Crippen LogP) is 2.02. The molecule has 0 aliphatic heterocycles. The molecule has 2 rings (SSSR count). The van der Waals surface area contributed by atoms with Gasteiger partial charge in [0, 0.05) is 6.07 Å². The van der Waals surface area contributed by atoms with Crippen molar-refractivity contribution < 1.29 is 18.8 Å². The first kappa shape index (κ1) is 14.8. The molecule has 0 unspecified atom stereocenters. The molecule has 0 aliphatic carbocycles. The van der Waals surface area contributed by atoms with Crippen LogP contribution >= 0.6 is 0 Å². The number of esters is 1. The average molecular weight is 288 g/mol. The van der Waals surface area contributed by atoms with Gasteiger partial charge >= 0.3 is 5.97 Å². The minimum atomic E-state index is -0.489. The monoisotopic (exact) mass is 288 g/mol. The fraction of sp³-hybridized carbons (Fsp3) is 0.267. The molecular weight excluding hydrogens is 272 g/mol. The molecule has 21 heavy (non-hydrogen) atoms. The first-order chi connectivity index (χ1) is 10.1. The minimum absolute atomic E-state index is 0.0410. The fourth-order valence-corrected chi connectivity index (χ4v) is 1.89. The maximum absolute atomic E-state index is 12.1. The highest BCUT2D eigenvalue weighted by molar-refractivity contribution is 5.92. The highest BCUT2D eigenvalue weighted by Crippen LogP contribution is 2.18. The fourth-order valence-electron chi connectivity index (χ4n) is 1.89. The van der Waals surface area contributed by atoms with Crippen molar-refractivity contribution in [1.29, 1.82) is 0 Å². The Kier molecular flexibility index (Phi) is 4.71. The van der Waals surface area contributed by atoms with Gasteiger partial charge in [0.1, 0.15) is 0 Å². The van der Waals surface area contributed by atoms with Gasteiger partial charge in [-0.15, -0.1) is 0 Å². The van der Waals surface area contributed by atoms with Crippen LogP contribution in [0.4, 0.5) is 0 Å². The number of aromatic nitrogens is 1. The normalized spacial score (nSPS) is 11.7. The zero-order valence-corrected chi connectivity index (χ0v) is 11.8. The van der Waals surface area contributed by atoms with E-state index in [0.717, 1.165) is 5.56 Å². The first-order valence-corrected chi connectivity index (χ1v) is 6.46. The van der Waals surface area contributed by atoms with E-state index >= 15 is 0 Å². The van der Waals surface area contributed by atoms with Crippen LogP contribution in [-0.4, -0.2) is 24.1 Å². The number of carbonyl (C=O) groups is 2. The molecule has 110 valence electrons. The number of rotatable bonds is 5. The second-order valence-electron chi connectivity index (χ2n) is 4.55. The molecule has 6 heteroatoms. The molecular formula is C15H16N2O4. The average Bonchev–Trinajstić information content (AvgIpc) is 2.94. The molecule has 1 atom stereocenters. The van der Waals surface area contributed by atoms with E-state index in [4.69, 9.17) is 4.52 Å². The number of nitrogens with one attached hydrogen (secondary N) is 1. The SMILES string of the molecule is COC(=O)C[C@@H](NC(=O)c1cc(C)no1)c1ccccc1. The van der Waals surface area contributed by atoms with E-state index in [1.165, 1.54) is 13.2 Å². The van der Waals surface area contributed by atoms with Gasteiger partial charge in [0.15, 0.2) is 0 Å². The summed E-state index contributed by atoms with van der Waals surface area (Å²) in [6.45, 7) is 1.73. The molecule has 1 aromatic carbocycles. The van der Waals surface area contributed by atoms with Gasteiger partial charge in [0.05, 0.1) is 25.3 Å². The quantitative estimate of drug-likeness (QED) is 0.851. The number of carbonyl (C=O) groups excluding carboxylic acids is 2. The molecule has 1 heterocycles. The zero-order valence-electron chi connectivity index (χ0n) is 11.8. The molecule has 0 fully saturated rings. The third-order valence-corrected chi connectivity index (χ3v) is 2.96. The smallest absolute Gasteiger partial charge is 0.307 e. The van der Waals surface area contributed by atoms with Crippen molar-refractivity contribution in [2.24, 2.45) is 0 Å². The highest BCUT2D eigenvalue weighted by atomic mass is 16.5. The summed E-state index contributed by atoms with van der Waals surface area (Å²) >= 11 is 0. The Bertz CT molecular complexity index is 622. The lowest BCUT2D eigenvalue weighted by atomic mass is 10.0. The minimum Gasteiger partial charge on any atom is -0.469 e. The van der Waals surface area contributed by atoms with Crippen LogP contribution in [0.3, 0.4) is 0 Å². The maximum Gasteiger partial charge on any atom is 0.307 e. The van der Waals surface area contributed by atoms with Gasteiger partial charge in [-0.1, -0.05) is 35.5 Å². The number of aryl methyl sites for hydroxylation is 1. The summed E-state index contributed by atoms with van der Waals surface area (Å²) in [7, 11) is 1.31. The molecule has 6 nitrogen and oxygen atoms in total. The Hall–Kier alpha value is -2.63. The van der Waals surface area contributed by atoms with Crippen LogP contribution in [0.2, 0.25) is 0 Å². The van der Waals surface area contributed by atoms with Crippen LogP contribution < -0.4 is 5.32 Å². The second-order valence-corrected chi connectivity index (χ2v) is 4.55. The van der Waals surface area contributed by atoms with Gasteiger partial charge in [-0.2, -0.15) is 0 Å². The van der Waals surface area contributed by atoms with Crippen molar-refractivity contribution in [3.63, 3.8) is 0 Å². The molecule has 1 amide bonds. The number of hydrogen-bond donors (Lipinski definition) is 1. The Morgan fingerprint density at radius 1 is 1.33 bits per heavy atom. The molecule has 2 aromatic rings. The van der Waals surface area contributed by atoms with Crippen LogP contribution in [0.25, 0.3) is 0 Å². The van der Waals surface area contributed by atoms with Crippen LogP contribution in [0.15, 0.2) is 40.9 Å². The summed E-state index contributed by atoms with van der Waals surface area (Å²) < 4.78 is 9.58. The lowest BCUT2D eigenvalue weighted by Crippen LogP contribution is -2.30. The third-order valence-electron chi connectivity index (χ3n) is 2.96. The number of ether oxygens (including phenoxy) is 1. The van der Waals surface area contributed by atoms with E-state index in [2.05, 4.69) is 15.2 Å². The van der Waals surface area contributed by atoms with Gasteiger partial charge in [-0.3, -0.25) is 9.59 Å². The van der Waals surface area contributed by atoms with E-state index in [1.54, 1.807) is 6.92 Å². The van der Waals surface area contributed by atoms with Crippen molar-refractivity contribution in [3.05, 3.63) is 53.4 Å². The van der Waals surface area contributed by atoms with Crippen LogP contribution in [0.5, 0.6) is 0 Å². The van der Waals surface area contributed by atoms with E-state index in [0.29, 0.717) is 5.69 Å². The van der Waals surface area contributed by atoms with Crippen molar-refractivity contribution in [3.8, 4) is 0 Å². The van der Waals surface area contributed by atoms with Crippen molar-refractivity contribution in [1.82, 2.24) is 10.5 Å². The Balaban J connectivity index is 2.16. The Morgan fingerprint density at radius 3 is 2.62 bits per heavy atom. The Labute approximate surface area is 122 Å². The van der Waals surface area contributed by atoms with Crippen molar-refractivity contribution in [2.45, 2.75) is 19.4 Å². The molecule has 0 saturated heterocycles. The lowest BCUT2D eigenvalue weighted by molar-refractivity contribution is -0.141. The largest absolute Gasteiger partial charge is 0.469 e. The van der Waals surface area contributed by atoms with Crippen molar-refractivity contribution in [2.75, 3.05) is 7.11 Å². The molecule has 0 aliphatic rings. The first-order valence-electron chi connectivity index (χ1n) is 6.46. The Morgan fingerprint density at radius 2 is 2.05 bits per heavy atom. The van der Waals surface area contributed by atoms with Crippen LogP contribution in [0, 0.1) is 6.92 Å². The second kappa shape index (κ2) is 6.69. The van der Waals surface area contributed by atoms with Crippen LogP contribution in [-0.2, 0) is 9.53 Å². The topological polar surface area (TPSA) is 81.4 Å². The summed E-state index contributed by atoms with van der Waals surface area (Å²) in [4.78, 5) is 23.6. The highest BCUT2D eigenvalue weighted by Gasteiger charge is 2.21. The molecule has 0 radical (unpaired) electrons. The van der Waals surface area contributed by atoms with Gasteiger partial charge in [0.2, 0.25) is 5.76 Å². The van der Waals surface area contributed by atoms with E-state index in [-0.39, 0.29) is 12.2 Å². The number of amides is 1. The van der Waals surface area contributed by atoms with E-state index in [1.807, 2.05) is 30.3 Å². The number of benzene rings is 1. The number of methoxy groups -OCH3 is 1. The van der Waals surface area contributed by atoms with Crippen LogP contribution in [0.1, 0.15) is 34.3 Å². The van der Waals surface area contributed by atoms with Crippen molar-refractivity contribution >= 4 is 11.9 Å². The van der Waals surface area contributed by atoms with Gasteiger partial charge in [-0.05, 0) is 12.5 Å². The molecule has 0 saturated carbocycles. The third kappa shape index (κ3) is 3.92. The predicted molar refractivity (Wildman–Crippen MR) is 74.5 cm³/mol. The standard InChI is InChI=1S/C15H16N2O4/c1-10-8-13(21-17-10)15(19)16-12(9-14(18)20-2)11-6-4-3-5-7-11/h3-8,12H,9H2,1-2H3,(H,16,19)/t12-/m1/s1. The summed E-state index contributed by atoms with van der Waals surface area (Å²) in [5.41, 5.74) is 1.43. The summed E-state index contributed by atoms with van der Waals surface area (Å²) in [6, 6.07) is 10.3. The van der Waals surface area contributed by atoms with Gasteiger partial charge < -0.3 is 14.6 Å². The molecule has 1 aromatic heterocycles. The molecule has 0 spiro atoms. The van der Waals surface area contributed by atoms with E-state index in [9.17, 15) is 9.59 Å². The lowest BCUT2D eigenvalue weighted by Gasteiger charge is -2.17. The molecule has 0 bridgehead atoms.